The van der Waals surface area contributed by atoms with Crippen molar-refractivity contribution in [2.45, 2.75) is 31.6 Å². The molecule has 0 spiro atoms. The summed E-state index contributed by atoms with van der Waals surface area (Å²) in [7, 11) is 0. The van der Waals surface area contributed by atoms with Gasteiger partial charge in [-0.15, -0.1) is 0 Å². The van der Waals surface area contributed by atoms with Gasteiger partial charge < -0.3 is 5.73 Å². The molecule has 0 radical (unpaired) electrons. The summed E-state index contributed by atoms with van der Waals surface area (Å²) in [5.74, 6) is 0. The van der Waals surface area contributed by atoms with Gasteiger partial charge in [0, 0.05) is 12.0 Å². The number of hydrogen-bond acceptors (Lipinski definition) is 3. The number of nitrogens with zero attached hydrogens (tertiary/aromatic N) is 3. The second kappa shape index (κ2) is 4.21. The maximum absolute atomic E-state index is 5.92. The van der Waals surface area contributed by atoms with Crippen molar-refractivity contribution in [3.05, 3.63) is 41.7 Å². The SMILES string of the molecule is Cc1cnn(-c2ccc(C3(CN)CCC3)cc2)n1. The van der Waals surface area contributed by atoms with E-state index in [4.69, 9.17) is 5.73 Å². The first-order valence-corrected chi connectivity index (χ1v) is 6.43. The highest BCUT2D eigenvalue weighted by molar-refractivity contribution is 5.37. The van der Waals surface area contributed by atoms with Crippen LogP contribution in [0.25, 0.3) is 5.69 Å². The van der Waals surface area contributed by atoms with Crippen molar-refractivity contribution < 1.29 is 0 Å². The van der Waals surface area contributed by atoms with Crippen LogP contribution in [0.3, 0.4) is 0 Å². The maximum atomic E-state index is 5.92. The predicted molar refractivity (Wildman–Crippen MR) is 70.7 cm³/mol. The Morgan fingerprint density at radius 3 is 2.44 bits per heavy atom. The Labute approximate surface area is 107 Å². The molecule has 0 unspecified atom stereocenters. The molecule has 1 aliphatic rings. The van der Waals surface area contributed by atoms with Gasteiger partial charge in [-0.25, -0.2) is 0 Å². The Balaban J connectivity index is 1.89. The summed E-state index contributed by atoms with van der Waals surface area (Å²) in [6, 6.07) is 8.48. The Morgan fingerprint density at radius 2 is 2.00 bits per heavy atom. The lowest BCUT2D eigenvalue weighted by Gasteiger charge is -2.41. The van der Waals surface area contributed by atoms with Crippen molar-refractivity contribution in [1.29, 1.82) is 0 Å². The minimum atomic E-state index is 0.228. The van der Waals surface area contributed by atoms with Gasteiger partial charge in [0.05, 0.1) is 17.6 Å². The summed E-state index contributed by atoms with van der Waals surface area (Å²) < 4.78 is 0. The summed E-state index contributed by atoms with van der Waals surface area (Å²) in [5.41, 5.74) is 9.43. The first-order chi connectivity index (χ1) is 8.73. The Hall–Kier alpha value is -1.68. The highest BCUT2D eigenvalue weighted by atomic mass is 15.5. The fourth-order valence-electron chi connectivity index (χ4n) is 2.63. The average Bonchev–Trinajstić information content (AvgIpc) is 2.76. The van der Waals surface area contributed by atoms with Crippen molar-refractivity contribution in [1.82, 2.24) is 15.0 Å². The average molecular weight is 242 g/mol. The van der Waals surface area contributed by atoms with Gasteiger partial charge in [-0.3, -0.25) is 0 Å². The summed E-state index contributed by atoms with van der Waals surface area (Å²) in [6.07, 6.45) is 5.48. The Bertz CT molecular complexity index is 532. The minimum Gasteiger partial charge on any atom is -0.330 e. The van der Waals surface area contributed by atoms with Gasteiger partial charge in [-0.05, 0) is 37.5 Å². The molecule has 1 fully saturated rings. The van der Waals surface area contributed by atoms with Gasteiger partial charge in [0.1, 0.15) is 0 Å². The van der Waals surface area contributed by atoms with Crippen molar-refractivity contribution in [2.24, 2.45) is 5.73 Å². The zero-order valence-electron chi connectivity index (χ0n) is 10.6. The van der Waals surface area contributed by atoms with Gasteiger partial charge in [-0.2, -0.15) is 15.0 Å². The molecule has 0 bridgehead atoms. The molecule has 3 rings (SSSR count). The van der Waals surface area contributed by atoms with Crippen LogP contribution in [0.5, 0.6) is 0 Å². The van der Waals surface area contributed by atoms with Gasteiger partial charge in [0.15, 0.2) is 0 Å². The number of rotatable bonds is 3. The number of nitrogens with two attached hydrogens (primary N) is 1. The van der Waals surface area contributed by atoms with E-state index in [1.165, 1.54) is 24.8 Å². The molecule has 94 valence electrons. The standard InChI is InChI=1S/C14H18N4/c1-11-9-16-18(17-11)13-5-3-12(4-6-13)14(10-15)7-2-8-14/h3-6,9H,2,7-8,10,15H2,1H3. The third-order valence-electron chi connectivity index (χ3n) is 4.02. The van der Waals surface area contributed by atoms with Crippen LogP contribution in [0.15, 0.2) is 30.5 Å². The normalized spacial score (nSPS) is 17.4. The van der Waals surface area contributed by atoms with E-state index in [1.807, 2.05) is 6.92 Å². The van der Waals surface area contributed by atoms with E-state index in [-0.39, 0.29) is 5.41 Å². The molecule has 0 amide bonds. The highest BCUT2D eigenvalue weighted by Crippen LogP contribution is 2.42. The van der Waals surface area contributed by atoms with E-state index < -0.39 is 0 Å². The third kappa shape index (κ3) is 1.73. The largest absolute Gasteiger partial charge is 0.330 e. The highest BCUT2D eigenvalue weighted by Gasteiger charge is 2.37. The van der Waals surface area contributed by atoms with Gasteiger partial charge >= 0.3 is 0 Å². The molecule has 1 aliphatic carbocycles. The summed E-state index contributed by atoms with van der Waals surface area (Å²) >= 11 is 0. The lowest BCUT2D eigenvalue weighted by Crippen LogP contribution is -2.41. The van der Waals surface area contributed by atoms with E-state index in [0.29, 0.717) is 0 Å². The van der Waals surface area contributed by atoms with E-state index in [9.17, 15) is 0 Å². The number of benzene rings is 1. The molecule has 1 aromatic heterocycles. The van der Waals surface area contributed by atoms with Crippen LogP contribution in [0.2, 0.25) is 0 Å². The van der Waals surface area contributed by atoms with Gasteiger partial charge in [0.2, 0.25) is 0 Å². The van der Waals surface area contributed by atoms with Crippen LogP contribution in [-0.4, -0.2) is 21.5 Å². The van der Waals surface area contributed by atoms with Crippen molar-refractivity contribution >= 4 is 0 Å². The first kappa shape index (κ1) is 11.4. The molecule has 4 nitrogen and oxygen atoms in total. The van der Waals surface area contributed by atoms with Crippen LogP contribution in [0.4, 0.5) is 0 Å². The van der Waals surface area contributed by atoms with Crippen LogP contribution in [0, 0.1) is 6.92 Å². The molecular formula is C14H18N4. The summed E-state index contributed by atoms with van der Waals surface area (Å²) in [4.78, 5) is 1.66. The quantitative estimate of drug-likeness (QED) is 0.895. The maximum Gasteiger partial charge on any atom is 0.0856 e. The van der Waals surface area contributed by atoms with Crippen LogP contribution in [0.1, 0.15) is 30.5 Å². The molecule has 1 heterocycles. The van der Waals surface area contributed by atoms with Gasteiger partial charge in [0.25, 0.3) is 0 Å². The molecule has 18 heavy (non-hydrogen) atoms. The second-order valence-electron chi connectivity index (χ2n) is 5.16. The molecule has 1 aromatic carbocycles. The third-order valence-corrected chi connectivity index (χ3v) is 4.02. The van der Waals surface area contributed by atoms with Crippen LogP contribution < -0.4 is 5.73 Å². The van der Waals surface area contributed by atoms with Crippen LogP contribution in [-0.2, 0) is 5.41 Å². The predicted octanol–water partition coefficient (Wildman–Crippen LogP) is 1.96. The zero-order valence-corrected chi connectivity index (χ0v) is 10.6. The molecule has 2 aromatic rings. The first-order valence-electron chi connectivity index (χ1n) is 6.43. The molecule has 0 atom stereocenters. The lowest BCUT2D eigenvalue weighted by molar-refractivity contribution is 0.253. The van der Waals surface area contributed by atoms with Crippen molar-refractivity contribution in [3.8, 4) is 5.69 Å². The second-order valence-corrected chi connectivity index (χ2v) is 5.16. The zero-order chi connectivity index (χ0) is 12.6. The summed E-state index contributed by atoms with van der Waals surface area (Å²) in [5, 5.41) is 8.52. The van der Waals surface area contributed by atoms with E-state index in [0.717, 1.165) is 17.9 Å². The summed E-state index contributed by atoms with van der Waals surface area (Å²) in [6.45, 7) is 2.68. The molecule has 4 heteroatoms. The number of hydrogen-bond donors (Lipinski definition) is 1. The fraction of sp³-hybridized carbons (Fsp3) is 0.429. The topological polar surface area (TPSA) is 56.7 Å². The van der Waals surface area contributed by atoms with Crippen molar-refractivity contribution in [3.63, 3.8) is 0 Å². The monoisotopic (exact) mass is 242 g/mol. The molecule has 2 N–H and O–H groups in total. The van der Waals surface area contributed by atoms with Crippen LogP contribution >= 0.6 is 0 Å². The van der Waals surface area contributed by atoms with Crippen molar-refractivity contribution in [2.75, 3.05) is 6.54 Å². The van der Waals surface area contributed by atoms with E-state index in [1.54, 1.807) is 11.0 Å². The number of aryl methyl sites for hydroxylation is 1. The lowest BCUT2D eigenvalue weighted by atomic mass is 9.64. The number of aromatic nitrogens is 3. The Morgan fingerprint density at radius 1 is 1.28 bits per heavy atom. The molecular weight excluding hydrogens is 224 g/mol. The van der Waals surface area contributed by atoms with Gasteiger partial charge in [-0.1, -0.05) is 18.6 Å². The Kier molecular flexibility index (Phi) is 2.67. The molecule has 0 saturated heterocycles. The fourth-order valence-corrected chi connectivity index (χ4v) is 2.63. The van der Waals surface area contributed by atoms with E-state index >= 15 is 0 Å². The minimum absolute atomic E-state index is 0.228. The van der Waals surface area contributed by atoms with E-state index in [2.05, 4.69) is 34.5 Å². The smallest absolute Gasteiger partial charge is 0.0856 e. The molecule has 1 saturated carbocycles. The molecule has 0 aliphatic heterocycles.